The molecule has 1 aliphatic heterocycles. The molecule has 3 aromatic rings. The molecule has 0 N–H and O–H groups in total. The van der Waals surface area contributed by atoms with Crippen molar-refractivity contribution < 1.29 is 0 Å². The van der Waals surface area contributed by atoms with Gasteiger partial charge in [0.1, 0.15) is 5.82 Å². The number of hydrogen-bond donors (Lipinski definition) is 0. The first-order valence-electron chi connectivity index (χ1n) is 8.43. The molecule has 1 atom stereocenters. The van der Waals surface area contributed by atoms with Gasteiger partial charge in [-0.05, 0) is 61.0 Å². The standard InChI is InChI=1S/C17H20BrN7/c1-10-15(11(2)25-17(21-10)22-12(3)23-25)6-13-4-5-24(9-13)14-7-19-16(18)20-8-14/h7-8,13H,4-6,9H2,1-3H3. The first-order chi connectivity index (χ1) is 12.0. The molecular formula is C17H20BrN7. The van der Waals surface area contributed by atoms with E-state index in [-0.39, 0.29) is 0 Å². The molecule has 0 aliphatic carbocycles. The van der Waals surface area contributed by atoms with Crippen LogP contribution in [0.5, 0.6) is 0 Å². The Morgan fingerprint density at radius 2 is 1.92 bits per heavy atom. The normalized spacial score (nSPS) is 17.6. The fourth-order valence-electron chi connectivity index (χ4n) is 3.59. The zero-order valence-corrected chi connectivity index (χ0v) is 16.2. The van der Waals surface area contributed by atoms with E-state index in [9.17, 15) is 0 Å². The van der Waals surface area contributed by atoms with Crippen molar-refractivity contribution in [3.05, 3.63) is 39.9 Å². The van der Waals surface area contributed by atoms with Crippen LogP contribution in [0.2, 0.25) is 0 Å². The van der Waals surface area contributed by atoms with Crippen LogP contribution >= 0.6 is 15.9 Å². The van der Waals surface area contributed by atoms with Crippen LogP contribution in [0.1, 0.15) is 29.2 Å². The Kier molecular flexibility index (Phi) is 4.15. The molecule has 0 saturated carbocycles. The predicted molar refractivity (Wildman–Crippen MR) is 98.7 cm³/mol. The summed E-state index contributed by atoms with van der Waals surface area (Å²) in [5.41, 5.74) is 4.58. The van der Waals surface area contributed by atoms with Gasteiger partial charge in [0, 0.05) is 24.5 Å². The van der Waals surface area contributed by atoms with E-state index in [4.69, 9.17) is 0 Å². The summed E-state index contributed by atoms with van der Waals surface area (Å²) in [6, 6.07) is 0. The number of fused-ring (bicyclic) bond motifs is 1. The molecule has 4 rings (SSSR count). The molecule has 0 bridgehead atoms. The SMILES string of the molecule is Cc1nc2nc(C)c(CC3CCN(c4cnc(Br)nc4)C3)c(C)n2n1. The minimum atomic E-state index is 0.588. The molecule has 7 nitrogen and oxygen atoms in total. The molecule has 130 valence electrons. The van der Waals surface area contributed by atoms with E-state index in [0.717, 1.165) is 48.8 Å². The van der Waals surface area contributed by atoms with Gasteiger partial charge in [0.2, 0.25) is 0 Å². The van der Waals surface area contributed by atoms with Crippen LogP contribution < -0.4 is 4.90 Å². The highest BCUT2D eigenvalue weighted by Gasteiger charge is 2.25. The molecule has 8 heteroatoms. The average molecular weight is 402 g/mol. The second kappa shape index (κ2) is 6.33. The molecule has 25 heavy (non-hydrogen) atoms. The van der Waals surface area contributed by atoms with E-state index in [1.165, 1.54) is 5.56 Å². The van der Waals surface area contributed by atoms with E-state index in [0.29, 0.717) is 16.4 Å². The van der Waals surface area contributed by atoms with Crippen molar-refractivity contribution in [2.45, 2.75) is 33.6 Å². The van der Waals surface area contributed by atoms with Crippen molar-refractivity contribution in [2.24, 2.45) is 5.92 Å². The number of aryl methyl sites for hydroxylation is 3. The third kappa shape index (κ3) is 3.10. The zero-order chi connectivity index (χ0) is 17.6. The monoisotopic (exact) mass is 401 g/mol. The van der Waals surface area contributed by atoms with Crippen LogP contribution in [0.3, 0.4) is 0 Å². The minimum absolute atomic E-state index is 0.588. The maximum Gasteiger partial charge on any atom is 0.252 e. The molecule has 1 unspecified atom stereocenters. The highest BCUT2D eigenvalue weighted by molar-refractivity contribution is 9.10. The quantitative estimate of drug-likeness (QED) is 0.628. The lowest BCUT2D eigenvalue weighted by Crippen LogP contribution is -2.21. The van der Waals surface area contributed by atoms with Gasteiger partial charge in [-0.25, -0.2) is 19.5 Å². The zero-order valence-electron chi connectivity index (χ0n) is 14.6. The smallest absolute Gasteiger partial charge is 0.252 e. The molecule has 0 radical (unpaired) electrons. The van der Waals surface area contributed by atoms with Crippen molar-refractivity contribution in [2.75, 3.05) is 18.0 Å². The maximum atomic E-state index is 4.64. The summed E-state index contributed by atoms with van der Waals surface area (Å²) in [5, 5.41) is 4.47. The third-order valence-corrected chi connectivity index (χ3v) is 5.31. The molecule has 1 fully saturated rings. The molecule has 3 aromatic heterocycles. The average Bonchev–Trinajstić information content (AvgIpc) is 3.18. The molecule has 0 spiro atoms. The highest BCUT2D eigenvalue weighted by atomic mass is 79.9. The van der Waals surface area contributed by atoms with Gasteiger partial charge in [-0.3, -0.25) is 0 Å². The lowest BCUT2D eigenvalue weighted by Gasteiger charge is -2.18. The topological polar surface area (TPSA) is 72.1 Å². The second-order valence-corrected chi connectivity index (χ2v) is 7.36. The summed E-state index contributed by atoms with van der Waals surface area (Å²) in [4.78, 5) is 19.8. The number of rotatable bonds is 3. The van der Waals surface area contributed by atoms with Gasteiger partial charge in [-0.15, -0.1) is 0 Å². The van der Waals surface area contributed by atoms with E-state index in [2.05, 4.69) is 59.7 Å². The maximum absolute atomic E-state index is 4.64. The summed E-state index contributed by atoms with van der Waals surface area (Å²) >= 11 is 3.29. The second-order valence-electron chi connectivity index (χ2n) is 6.65. The van der Waals surface area contributed by atoms with Gasteiger partial charge < -0.3 is 4.90 Å². The van der Waals surface area contributed by atoms with E-state index < -0.39 is 0 Å². The lowest BCUT2D eigenvalue weighted by molar-refractivity contribution is 0.577. The van der Waals surface area contributed by atoms with Crippen molar-refractivity contribution in [1.29, 1.82) is 0 Å². The van der Waals surface area contributed by atoms with Gasteiger partial charge >= 0.3 is 0 Å². The number of halogens is 1. The molecule has 0 aromatic carbocycles. The molecular weight excluding hydrogens is 382 g/mol. The Morgan fingerprint density at radius 3 is 2.68 bits per heavy atom. The van der Waals surface area contributed by atoms with E-state index in [1.807, 2.05) is 23.8 Å². The van der Waals surface area contributed by atoms with E-state index in [1.54, 1.807) is 0 Å². The summed E-state index contributed by atoms with van der Waals surface area (Å²) < 4.78 is 2.49. The largest absolute Gasteiger partial charge is 0.369 e. The molecule has 4 heterocycles. The van der Waals surface area contributed by atoms with Gasteiger partial charge in [-0.2, -0.15) is 10.1 Å². The minimum Gasteiger partial charge on any atom is -0.369 e. The van der Waals surface area contributed by atoms with Crippen LogP contribution in [0.15, 0.2) is 17.1 Å². The molecule has 0 amide bonds. The van der Waals surface area contributed by atoms with E-state index >= 15 is 0 Å². The van der Waals surface area contributed by atoms with Crippen LogP contribution in [0, 0.1) is 26.7 Å². The van der Waals surface area contributed by atoms with Crippen molar-refractivity contribution in [3.63, 3.8) is 0 Å². The predicted octanol–water partition coefficient (Wildman–Crippen LogP) is 2.67. The first-order valence-corrected chi connectivity index (χ1v) is 9.22. The molecule has 1 saturated heterocycles. The van der Waals surface area contributed by atoms with Crippen LogP contribution in [0.25, 0.3) is 5.78 Å². The number of hydrogen-bond acceptors (Lipinski definition) is 6. The van der Waals surface area contributed by atoms with Gasteiger partial charge in [0.25, 0.3) is 5.78 Å². The summed E-state index contributed by atoms with van der Waals surface area (Å²) in [6.45, 7) is 8.13. The lowest BCUT2D eigenvalue weighted by atomic mass is 9.96. The Labute approximate surface area is 154 Å². The van der Waals surface area contributed by atoms with Crippen molar-refractivity contribution in [1.82, 2.24) is 29.5 Å². The van der Waals surface area contributed by atoms with Gasteiger partial charge in [0.05, 0.1) is 18.1 Å². The van der Waals surface area contributed by atoms with Crippen molar-refractivity contribution in [3.8, 4) is 0 Å². The molecule has 1 aliphatic rings. The number of anilines is 1. The third-order valence-electron chi connectivity index (χ3n) is 4.91. The Balaban J connectivity index is 1.55. The highest BCUT2D eigenvalue weighted by Crippen LogP contribution is 2.27. The summed E-state index contributed by atoms with van der Waals surface area (Å²) in [6.07, 6.45) is 5.92. The fourth-order valence-corrected chi connectivity index (χ4v) is 3.80. The number of aromatic nitrogens is 6. The summed E-state index contributed by atoms with van der Waals surface area (Å²) in [7, 11) is 0. The first kappa shape index (κ1) is 16.4. The Hall–Kier alpha value is -2.09. The van der Waals surface area contributed by atoms with Gasteiger partial charge in [0.15, 0.2) is 4.73 Å². The Bertz CT molecular complexity index is 919. The van der Waals surface area contributed by atoms with Gasteiger partial charge in [-0.1, -0.05) is 0 Å². The van der Waals surface area contributed by atoms with Crippen LogP contribution in [-0.4, -0.2) is 42.6 Å². The van der Waals surface area contributed by atoms with Crippen molar-refractivity contribution >= 4 is 27.4 Å². The fraction of sp³-hybridized carbons (Fsp3) is 0.471. The van der Waals surface area contributed by atoms with Crippen LogP contribution in [0.4, 0.5) is 5.69 Å². The Morgan fingerprint density at radius 1 is 1.16 bits per heavy atom. The van der Waals surface area contributed by atoms with Crippen LogP contribution in [-0.2, 0) is 6.42 Å². The summed E-state index contributed by atoms with van der Waals surface area (Å²) in [5.74, 6) is 2.04. The number of nitrogens with zero attached hydrogens (tertiary/aromatic N) is 7.